The summed E-state index contributed by atoms with van der Waals surface area (Å²) in [6.07, 6.45) is -4.42. The van der Waals surface area contributed by atoms with Crippen molar-refractivity contribution in [1.82, 2.24) is 0 Å². The van der Waals surface area contributed by atoms with E-state index in [1.807, 2.05) is 13.8 Å². The Morgan fingerprint density at radius 2 is 1.62 bits per heavy atom. The molecule has 0 bridgehead atoms. The molecule has 128 valence electrons. The van der Waals surface area contributed by atoms with Gasteiger partial charge in [-0.15, -0.1) is 0 Å². The molecule has 0 radical (unpaired) electrons. The lowest BCUT2D eigenvalue weighted by molar-refractivity contribution is -0.137. The number of hydrogen-bond donors (Lipinski definition) is 1. The Balaban J connectivity index is 1.99. The molecule has 0 saturated heterocycles. The molecule has 0 aliphatic rings. The standard InChI is InChI=1S/C18H18F3NO2/c1-12(2)11-24-16-9-7-15(8-10-16)22-17(23)13-3-5-14(6-4-13)18(19,20)21/h3-10,12H,11H2,1-2H3,(H,22,23). The van der Waals surface area contributed by atoms with Gasteiger partial charge < -0.3 is 10.1 Å². The lowest BCUT2D eigenvalue weighted by Gasteiger charge is -2.10. The average Bonchev–Trinajstić information content (AvgIpc) is 2.53. The number of benzene rings is 2. The predicted octanol–water partition coefficient (Wildman–Crippen LogP) is 4.99. The van der Waals surface area contributed by atoms with Crippen LogP contribution >= 0.6 is 0 Å². The first-order chi connectivity index (χ1) is 11.3. The highest BCUT2D eigenvalue weighted by Gasteiger charge is 2.30. The van der Waals surface area contributed by atoms with E-state index in [1.165, 1.54) is 0 Å². The van der Waals surface area contributed by atoms with Crippen LogP contribution in [-0.4, -0.2) is 12.5 Å². The number of hydrogen-bond acceptors (Lipinski definition) is 2. The third-order valence-corrected chi connectivity index (χ3v) is 3.17. The van der Waals surface area contributed by atoms with Crippen LogP contribution in [0.3, 0.4) is 0 Å². The van der Waals surface area contributed by atoms with Crippen LogP contribution in [-0.2, 0) is 6.18 Å². The first kappa shape index (κ1) is 17.8. The quantitative estimate of drug-likeness (QED) is 0.834. The molecular weight excluding hydrogens is 319 g/mol. The van der Waals surface area contributed by atoms with Crippen molar-refractivity contribution in [2.75, 3.05) is 11.9 Å². The Morgan fingerprint density at radius 3 is 2.12 bits per heavy atom. The molecule has 6 heteroatoms. The summed E-state index contributed by atoms with van der Waals surface area (Å²) >= 11 is 0. The van der Waals surface area contributed by atoms with E-state index in [-0.39, 0.29) is 5.56 Å². The maximum atomic E-state index is 12.5. The fourth-order valence-corrected chi connectivity index (χ4v) is 1.91. The molecule has 0 unspecified atom stereocenters. The zero-order valence-corrected chi connectivity index (χ0v) is 13.4. The minimum Gasteiger partial charge on any atom is -0.493 e. The Hall–Kier alpha value is -2.50. The summed E-state index contributed by atoms with van der Waals surface area (Å²) < 4.78 is 43.1. The summed E-state index contributed by atoms with van der Waals surface area (Å²) in [5.41, 5.74) is -0.0920. The molecule has 24 heavy (non-hydrogen) atoms. The lowest BCUT2D eigenvalue weighted by atomic mass is 10.1. The maximum absolute atomic E-state index is 12.5. The highest BCUT2D eigenvalue weighted by Crippen LogP contribution is 2.29. The molecule has 2 rings (SSSR count). The first-order valence-corrected chi connectivity index (χ1v) is 7.47. The van der Waals surface area contributed by atoms with Gasteiger partial charge in [-0.25, -0.2) is 0 Å². The van der Waals surface area contributed by atoms with Crippen molar-refractivity contribution in [3.63, 3.8) is 0 Å². The van der Waals surface area contributed by atoms with Crippen molar-refractivity contribution < 1.29 is 22.7 Å². The second-order valence-electron chi connectivity index (χ2n) is 5.76. The Morgan fingerprint density at radius 1 is 1.04 bits per heavy atom. The minimum absolute atomic E-state index is 0.156. The molecule has 2 aromatic carbocycles. The van der Waals surface area contributed by atoms with Crippen LogP contribution in [0.4, 0.5) is 18.9 Å². The number of amides is 1. The molecule has 0 saturated carbocycles. The van der Waals surface area contributed by atoms with Crippen LogP contribution in [0.5, 0.6) is 5.75 Å². The number of ether oxygens (including phenoxy) is 1. The predicted molar refractivity (Wildman–Crippen MR) is 86.2 cm³/mol. The van der Waals surface area contributed by atoms with Gasteiger partial charge in [-0.2, -0.15) is 13.2 Å². The van der Waals surface area contributed by atoms with E-state index in [0.29, 0.717) is 24.0 Å². The molecule has 0 atom stereocenters. The number of carbonyl (C=O) groups excluding carboxylic acids is 1. The van der Waals surface area contributed by atoms with E-state index in [9.17, 15) is 18.0 Å². The van der Waals surface area contributed by atoms with Gasteiger partial charge in [0.25, 0.3) is 5.91 Å². The summed E-state index contributed by atoms with van der Waals surface area (Å²) in [4.78, 5) is 12.1. The third kappa shape index (κ3) is 5.01. The molecule has 2 aromatic rings. The third-order valence-electron chi connectivity index (χ3n) is 3.17. The number of rotatable bonds is 5. The molecule has 0 spiro atoms. The molecule has 1 amide bonds. The Bertz CT molecular complexity index is 677. The Labute approximate surface area is 138 Å². The molecule has 1 N–H and O–H groups in total. The fourth-order valence-electron chi connectivity index (χ4n) is 1.91. The SMILES string of the molecule is CC(C)COc1ccc(NC(=O)c2ccc(C(F)(F)F)cc2)cc1. The van der Waals surface area contributed by atoms with Crippen LogP contribution in [0.1, 0.15) is 29.8 Å². The van der Waals surface area contributed by atoms with Gasteiger partial charge in [0.2, 0.25) is 0 Å². The molecule has 0 aliphatic carbocycles. The minimum atomic E-state index is -4.42. The van der Waals surface area contributed by atoms with E-state index in [0.717, 1.165) is 24.3 Å². The van der Waals surface area contributed by atoms with Crippen LogP contribution < -0.4 is 10.1 Å². The van der Waals surface area contributed by atoms with E-state index in [4.69, 9.17) is 4.74 Å². The summed E-state index contributed by atoms with van der Waals surface area (Å²) in [5.74, 6) is 0.625. The topological polar surface area (TPSA) is 38.3 Å². The normalized spacial score (nSPS) is 11.4. The monoisotopic (exact) mass is 337 g/mol. The number of nitrogens with one attached hydrogen (secondary N) is 1. The zero-order chi connectivity index (χ0) is 17.7. The van der Waals surface area contributed by atoms with Crippen molar-refractivity contribution in [3.8, 4) is 5.75 Å². The number of alkyl halides is 3. The van der Waals surface area contributed by atoms with Gasteiger partial charge in [0.05, 0.1) is 12.2 Å². The number of carbonyl (C=O) groups is 1. The van der Waals surface area contributed by atoms with Crippen LogP contribution in [0.15, 0.2) is 48.5 Å². The molecule has 0 fully saturated rings. The fraction of sp³-hybridized carbons (Fsp3) is 0.278. The zero-order valence-electron chi connectivity index (χ0n) is 13.4. The lowest BCUT2D eigenvalue weighted by Crippen LogP contribution is -2.13. The summed E-state index contributed by atoms with van der Waals surface area (Å²) in [7, 11) is 0. The van der Waals surface area contributed by atoms with Crippen LogP contribution in [0, 0.1) is 5.92 Å². The first-order valence-electron chi connectivity index (χ1n) is 7.47. The summed E-state index contributed by atoms with van der Waals surface area (Å²) in [5, 5.41) is 2.63. The number of anilines is 1. The molecule has 0 heterocycles. The highest BCUT2D eigenvalue weighted by atomic mass is 19.4. The summed E-state index contributed by atoms with van der Waals surface area (Å²) in [6, 6.07) is 10.9. The molecular formula is C18H18F3NO2. The highest BCUT2D eigenvalue weighted by molar-refractivity contribution is 6.04. The van der Waals surface area contributed by atoms with Crippen molar-refractivity contribution in [3.05, 3.63) is 59.7 Å². The van der Waals surface area contributed by atoms with Gasteiger partial charge in [-0.1, -0.05) is 13.8 Å². The van der Waals surface area contributed by atoms with Gasteiger partial charge in [0.15, 0.2) is 0 Å². The molecule has 0 aliphatic heterocycles. The van der Waals surface area contributed by atoms with E-state index < -0.39 is 17.6 Å². The Kier molecular flexibility index (Phi) is 5.49. The number of halogens is 3. The van der Waals surface area contributed by atoms with E-state index >= 15 is 0 Å². The van der Waals surface area contributed by atoms with Gasteiger partial charge in [-0.05, 0) is 54.4 Å². The summed E-state index contributed by atoms with van der Waals surface area (Å²) in [6.45, 7) is 4.68. The van der Waals surface area contributed by atoms with Crippen molar-refractivity contribution in [2.24, 2.45) is 5.92 Å². The smallest absolute Gasteiger partial charge is 0.416 e. The molecule has 3 nitrogen and oxygen atoms in total. The van der Waals surface area contributed by atoms with Gasteiger partial charge in [0, 0.05) is 11.3 Å². The second-order valence-corrected chi connectivity index (χ2v) is 5.76. The van der Waals surface area contributed by atoms with E-state index in [2.05, 4.69) is 5.32 Å². The van der Waals surface area contributed by atoms with Crippen molar-refractivity contribution in [2.45, 2.75) is 20.0 Å². The van der Waals surface area contributed by atoms with Crippen LogP contribution in [0.2, 0.25) is 0 Å². The maximum Gasteiger partial charge on any atom is 0.416 e. The second kappa shape index (κ2) is 7.38. The van der Waals surface area contributed by atoms with Gasteiger partial charge in [0.1, 0.15) is 5.75 Å². The van der Waals surface area contributed by atoms with Crippen molar-refractivity contribution in [1.29, 1.82) is 0 Å². The van der Waals surface area contributed by atoms with Gasteiger partial charge >= 0.3 is 6.18 Å². The van der Waals surface area contributed by atoms with E-state index in [1.54, 1.807) is 24.3 Å². The van der Waals surface area contributed by atoms with Crippen LogP contribution in [0.25, 0.3) is 0 Å². The molecule has 0 aromatic heterocycles. The van der Waals surface area contributed by atoms with Gasteiger partial charge in [-0.3, -0.25) is 4.79 Å². The largest absolute Gasteiger partial charge is 0.493 e. The average molecular weight is 337 g/mol. The van der Waals surface area contributed by atoms with Crippen molar-refractivity contribution >= 4 is 11.6 Å².